The molecule has 14 heteroatoms. The summed E-state index contributed by atoms with van der Waals surface area (Å²) in [4.78, 5) is 42.8. The van der Waals surface area contributed by atoms with Crippen LogP contribution in [0.2, 0.25) is 0 Å². The van der Waals surface area contributed by atoms with Crippen LogP contribution in [0.4, 0.5) is 13.2 Å². The molecule has 1 aromatic rings. The normalized spacial score (nSPS) is 30.2. The largest absolute Gasteiger partial charge is 0.510 e. The van der Waals surface area contributed by atoms with Crippen molar-refractivity contribution in [3.05, 3.63) is 51.0 Å². The molecule has 45 heavy (non-hydrogen) atoms. The van der Waals surface area contributed by atoms with E-state index < -0.39 is 98.7 Å². The van der Waals surface area contributed by atoms with Gasteiger partial charge in [-0.3, -0.25) is 24.2 Å². The van der Waals surface area contributed by atoms with Crippen molar-refractivity contribution in [2.24, 2.45) is 23.5 Å². The first-order valence-corrected chi connectivity index (χ1v) is 15.0. The number of aliphatic hydroxyl groups is 3. The van der Waals surface area contributed by atoms with Gasteiger partial charge in [0.05, 0.1) is 23.8 Å². The number of hydrogen-bond donors (Lipinski definition) is 5. The maximum Gasteiger partial charge on any atom is 0.417 e. The Morgan fingerprint density at radius 3 is 2.40 bits per heavy atom. The van der Waals surface area contributed by atoms with Gasteiger partial charge in [0.2, 0.25) is 5.78 Å². The molecule has 6 rings (SSSR count). The van der Waals surface area contributed by atoms with Gasteiger partial charge in [0.25, 0.3) is 5.91 Å². The summed E-state index contributed by atoms with van der Waals surface area (Å²) in [5, 5.41) is 45.1. The number of likely N-dealkylation sites (N-methyl/N-ethyl adjacent to an activating group) is 1. The Morgan fingerprint density at radius 2 is 1.84 bits per heavy atom. The molecule has 2 fully saturated rings. The summed E-state index contributed by atoms with van der Waals surface area (Å²) >= 11 is 0. The van der Waals surface area contributed by atoms with Crippen LogP contribution in [0.15, 0.2) is 28.7 Å². The van der Waals surface area contributed by atoms with Crippen molar-refractivity contribution in [2.75, 3.05) is 33.9 Å². The number of aliphatic hydroxyl groups excluding tert-OH is 2. The van der Waals surface area contributed by atoms with Crippen LogP contribution in [0.5, 0.6) is 5.75 Å². The molecule has 1 saturated carbocycles. The number of ketones is 2. The Labute approximate surface area is 256 Å². The number of amides is 1. The fourth-order valence-corrected chi connectivity index (χ4v) is 7.87. The van der Waals surface area contributed by atoms with E-state index in [0.29, 0.717) is 32.1 Å². The van der Waals surface area contributed by atoms with Crippen LogP contribution >= 0.6 is 0 Å². The van der Waals surface area contributed by atoms with E-state index in [2.05, 4.69) is 0 Å². The lowest BCUT2D eigenvalue weighted by Gasteiger charge is -2.50. The van der Waals surface area contributed by atoms with E-state index in [0.717, 1.165) is 18.9 Å². The molecule has 1 heterocycles. The summed E-state index contributed by atoms with van der Waals surface area (Å²) in [6, 6.07) is -0.401. The Morgan fingerprint density at radius 1 is 1.16 bits per heavy atom. The molecule has 0 bridgehead atoms. The Balaban J connectivity index is 1.48. The molecule has 4 aliphatic carbocycles. The van der Waals surface area contributed by atoms with Crippen LogP contribution in [0.3, 0.4) is 0 Å². The summed E-state index contributed by atoms with van der Waals surface area (Å²) in [6.45, 7) is 1.34. The summed E-state index contributed by atoms with van der Waals surface area (Å²) in [5.74, 6) is -8.62. The molecular weight excluding hydrogens is 599 g/mol. The van der Waals surface area contributed by atoms with Gasteiger partial charge in [0.1, 0.15) is 22.8 Å². The van der Waals surface area contributed by atoms with Gasteiger partial charge in [-0.1, -0.05) is 0 Å². The fourth-order valence-electron chi connectivity index (χ4n) is 7.87. The molecule has 1 aromatic carbocycles. The van der Waals surface area contributed by atoms with E-state index >= 15 is 0 Å². The number of carbonyl (C=O) groups is 3. The minimum absolute atomic E-state index is 0.0909. The first-order valence-electron chi connectivity index (χ1n) is 15.0. The molecular formula is C31H36F3N3O8. The van der Waals surface area contributed by atoms with Crippen molar-refractivity contribution in [1.29, 1.82) is 0 Å². The topological polar surface area (TPSA) is 174 Å². The third-order valence-corrected chi connectivity index (χ3v) is 10.1. The number of Topliss-reactive ketones (excluding diaryl/α,β-unsaturated/α-hetero) is 2. The average Bonchev–Trinajstić information content (AvgIpc) is 3.57. The second-order valence-corrected chi connectivity index (χ2v) is 13.1. The smallest absolute Gasteiger partial charge is 0.417 e. The highest BCUT2D eigenvalue weighted by Gasteiger charge is 2.63. The second kappa shape index (κ2) is 10.8. The van der Waals surface area contributed by atoms with E-state index in [-0.39, 0.29) is 24.6 Å². The highest BCUT2D eigenvalue weighted by molar-refractivity contribution is 6.24. The summed E-state index contributed by atoms with van der Waals surface area (Å²) < 4.78 is 50.3. The van der Waals surface area contributed by atoms with Crippen molar-refractivity contribution in [3.63, 3.8) is 0 Å². The third-order valence-electron chi connectivity index (χ3n) is 10.1. The number of ether oxygens (including phenoxy) is 1. The summed E-state index contributed by atoms with van der Waals surface area (Å²) in [5.41, 5.74) is -1.32. The summed E-state index contributed by atoms with van der Waals surface area (Å²) in [6.07, 6.45) is -3.03. The number of primary amides is 1. The lowest BCUT2D eigenvalue weighted by atomic mass is 9.58. The fraction of sp³-hybridized carbons (Fsp3) is 0.581. The van der Waals surface area contributed by atoms with Crippen LogP contribution in [0.1, 0.15) is 52.7 Å². The first kappa shape index (κ1) is 31.5. The van der Waals surface area contributed by atoms with Gasteiger partial charge in [-0.25, -0.2) is 0 Å². The quantitative estimate of drug-likeness (QED) is 0.280. The molecule has 0 spiro atoms. The first-order chi connectivity index (χ1) is 21.1. The van der Waals surface area contributed by atoms with E-state index in [1.807, 2.05) is 4.90 Å². The molecule has 1 aliphatic heterocycles. The number of alkyl halides is 3. The molecule has 244 valence electrons. The number of benzene rings is 1. The van der Waals surface area contributed by atoms with Crippen LogP contribution in [0.25, 0.3) is 0 Å². The molecule has 0 radical (unpaired) electrons. The highest BCUT2D eigenvalue weighted by atomic mass is 19.4. The van der Waals surface area contributed by atoms with Gasteiger partial charge in [-0.2, -0.15) is 13.2 Å². The predicted molar refractivity (Wildman–Crippen MR) is 151 cm³/mol. The zero-order valence-corrected chi connectivity index (χ0v) is 24.9. The Kier molecular flexibility index (Phi) is 7.58. The van der Waals surface area contributed by atoms with Crippen molar-refractivity contribution >= 4 is 17.5 Å². The Hall–Kier alpha value is -3.46. The number of hydrogen-bond acceptors (Lipinski definition) is 10. The maximum atomic E-state index is 14.9. The van der Waals surface area contributed by atoms with Gasteiger partial charge in [0, 0.05) is 37.2 Å². The van der Waals surface area contributed by atoms with Crippen LogP contribution < -0.4 is 5.73 Å². The maximum absolute atomic E-state index is 14.9. The molecule has 0 aromatic heterocycles. The van der Waals surface area contributed by atoms with E-state index in [1.54, 1.807) is 0 Å². The zero-order valence-electron chi connectivity index (χ0n) is 24.9. The standard InChI is InChI=1S/C31H36F3N3O8/c1-36(2)24-18-8-14-7-17-21(25(39)20(14)27(41)30(18,44)28(42)22(26(24)40)29(35)43)19(38)9-15(23(17)31(32,33)34)11-37(10-13-3-4-13)16-5-6-45-12-16/h9,13-14,16,18,24,38,40-41,44H,3-8,10-12H2,1-2H3,(H2,35,43)/t14-,16+,18-,24-,30-/m0/s1. The zero-order chi connectivity index (χ0) is 32.7. The van der Waals surface area contributed by atoms with Crippen molar-refractivity contribution < 1.29 is 52.7 Å². The van der Waals surface area contributed by atoms with Crippen molar-refractivity contribution in [2.45, 2.75) is 62.5 Å². The SMILES string of the molecule is CN(C)[C@@H]1C(O)=C(C(N)=O)C(=O)[C@@]2(O)C(O)=C3C(=O)c4c(O)cc(CN(CC5CC5)[C@@H]5CCOC5)c(C(F)(F)F)c4C[C@H]3C[C@@H]12. The molecule has 11 nitrogen and oxygen atoms in total. The van der Waals surface area contributed by atoms with Gasteiger partial charge in [0.15, 0.2) is 11.4 Å². The number of nitrogens with two attached hydrogens (primary N) is 1. The van der Waals surface area contributed by atoms with Gasteiger partial charge < -0.3 is 30.9 Å². The van der Waals surface area contributed by atoms with Crippen molar-refractivity contribution in [3.8, 4) is 5.75 Å². The van der Waals surface area contributed by atoms with Crippen molar-refractivity contribution in [1.82, 2.24) is 9.80 Å². The minimum atomic E-state index is -4.91. The van der Waals surface area contributed by atoms with Crippen LogP contribution in [-0.2, 0) is 33.5 Å². The number of phenolic OH excluding ortho intramolecular Hbond substituents is 1. The number of aromatic hydroxyl groups is 1. The second-order valence-electron chi connectivity index (χ2n) is 13.1. The number of allylic oxidation sites excluding steroid dienone is 1. The van der Waals surface area contributed by atoms with Gasteiger partial charge >= 0.3 is 6.18 Å². The molecule has 0 unspecified atom stereocenters. The van der Waals surface area contributed by atoms with E-state index in [4.69, 9.17) is 10.5 Å². The molecule has 1 amide bonds. The molecule has 5 atom stereocenters. The van der Waals surface area contributed by atoms with E-state index in [1.165, 1.54) is 19.0 Å². The third kappa shape index (κ3) is 4.93. The summed E-state index contributed by atoms with van der Waals surface area (Å²) in [7, 11) is 2.95. The number of rotatable bonds is 7. The lowest BCUT2D eigenvalue weighted by Crippen LogP contribution is -2.63. The minimum Gasteiger partial charge on any atom is -0.510 e. The number of fused-ring (bicyclic) bond motifs is 3. The monoisotopic (exact) mass is 635 g/mol. The molecule has 6 N–H and O–H groups in total. The predicted octanol–water partition coefficient (Wildman–Crippen LogP) is 2.14. The lowest BCUT2D eigenvalue weighted by molar-refractivity contribution is -0.148. The van der Waals surface area contributed by atoms with E-state index in [9.17, 15) is 48.0 Å². The van der Waals surface area contributed by atoms with Gasteiger partial charge in [-0.05, 0) is 75.2 Å². The molecule has 1 saturated heterocycles. The number of carbonyl (C=O) groups excluding carboxylic acids is 3. The number of halogens is 3. The average molecular weight is 636 g/mol. The van der Waals surface area contributed by atoms with Gasteiger partial charge in [-0.15, -0.1) is 0 Å². The van der Waals surface area contributed by atoms with Crippen LogP contribution in [0, 0.1) is 17.8 Å². The number of phenols is 1. The Bertz CT molecular complexity index is 1540. The number of nitrogens with zero attached hydrogens (tertiary/aromatic N) is 2. The highest BCUT2D eigenvalue weighted by Crippen LogP contribution is 2.54. The van der Waals surface area contributed by atoms with Crippen LogP contribution in [-0.4, -0.2) is 99.2 Å². The molecule has 5 aliphatic rings.